The molecule has 0 aliphatic heterocycles. The number of sulfonamides is 1. The molecule has 0 aliphatic carbocycles. The summed E-state index contributed by atoms with van der Waals surface area (Å²) in [7, 11) is -0.962. The SMILES string of the molecule is COc1ccc(NC(=O)CN(c2ccc(OC)cc2)S(=O)(=O)c2cccnc2)cc1. The van der Waals surface area contributed by atoms with Gasteiger partial charge >= 0.3 is 0 Å². The number of rotatable bonds is 8. The second-order valence-electron chi connectivity index (χ2n) is 6.18. The molecule has 1 aromatic heterocycles. The fraction of sp³-hybridized carbons (Fsp3) is 0.143. The molecule has 0 fully saturated rings. The van der Waals surface area contributed by atoms with Gasteiger partial charge in [0.05, 0.1) is 19.9 Å². The fourth-order valence-electron chi connectivity index (χ4n) is 2.70. The summed E-state index contributed by atoms with van der Waals surface area (Å²) in [5.41, 5.74) is 0.846. The van der Waals surface area contributed by atoms with Crippen LogP contribution in [0.2, 0.25) is 0 Å². The minimum absolute atomic E-state index is 0.0157. The summed E-state index contributed by atoms with van der Waals surface area (Å²) in [6.07, 6.45) is 2.72. The monoisotopic (exact) mass is 427 g/mol. The molecule has 0 unspecified atom stereocenters. The predicted octanol–water partition coefficient (Wildman–Crippen LogP) is 2.93. The van der Waals surface area contributed by atoms with Crippen molar-refractivity contribution in [2.24, 2.45) is 0 Å². The standard InChI is InChI=1S/C21H21N3O5S/c1-28-18-9-5-16(6-10-18)23-21(25)15-24(17-7-11-19(29-2)12-8-17)30(26,27)20-4-3-13-22-14-20/h3-14H,15H2,1-2H3,(H,23,25). The Labute approximate surface area is 175 Å². The van der Waals surface area contributed by atoms with Gasteiger partial charge in [0.2, 0.25) is 5.91 Å². The minimum Gasteiger partial charge on any atom is -0.497 e. The van der Waals surface area contributed by atoms with Crippen LogP contribution in [0.25, 0.3) is 0 Å². The van der Waals surface area contributed by atoms with E-state index in [0.717, 1.165) is 4.31 Å². The molecular formula is C21H21N3O5S. The van der Waals surface area contributed by atoms with E-state index < -0.39 is 22.5 Å². The summed E-state index contributed by atoms with van der Waals surface area (Å²) < 4.78 is 37.7. The summed E-state index contributed by atoms with van der Waals surface area (Å²) >= 11 is 0. The zero-order valence-corrected chi connectivity index (χ0v) is 17.3. The molecule has 156 valence electrons. The Morgan fingerprint density at radius 3 is 2.10 bits per heavy atom. The Balaban J connectivity index is 1.89. The first-order chi connectivity index (χ1) is 14.4. The Morgan fingerprint density at radius 2 is 1.57 bits per heavy atom. The van der Waals surface area contributed by atoms with Crippen LogP contribution in [0.1, 0.15) is 0 Å². The van der Waals surface area contributed by atoms with E-state index >= 15 is 0 Å². The molecule has 8 nitrogen and oxygen atoms in total. The molecule has 0 atom stereocenters. The highest BCUT2D eigenvalue weighted by Crippen LogP contribution is 2.25. The number of nitrogens with one attached hydrogen (secondary N) is 1. The van der Waals surface area contributed by atoms with Crippen LogP contribution in [-0.4, -0.2) is 40.1 Å². The van der Waals surface area contributed by atoms with Crippen molar-refractivity contribution in [2.75, 3.05) is 30.4 Å². The molecule has 2 aromatic carbocycles. The van der Waals surface area contributed by atoms with E-state index in [1.54, 1.807) is 55.6 Å². The Kier molecular flexibility index (Phi) is 6.53. The predicted molar refractivity (Wildman–Crippen MR) is 113 cm³/mol. The first kappa shape index (κ1) is 21.1. The molecule has 0 spiro atoms. The molecular weight excluding hydrogens is 406 g/mol. The zero-order chi connectivity index (χ0) is 21.6. The van der Waals surface area contributed by atoms with Crippen molar-refractivity contribution in [3.63, 3.8) is 0 Å². The smallest absolute Gasteiger partial charge is 0.266 e. The van der Waals surface area contributed by atoms with Gasteiger partial charge in [-0.25, -0.2) is 8.42 Å². The number of nitrogens with zero attached hydrogens (tertiary/aromatic N) is 2. The lowest BCUT2D eigenvalue weighted by Gasteiger charge is -2.24. The fourth-order valence-corrected chi connectivity index (χ4v) is 4.08. The van der Waals surface area contributed by atoms with Gasteiger partial charge in [-0.05, 0) is 60.7 Å². The third-order valence-electron chi connectivity index (χ3n) is 4.24. The van der Waals surface area contributed by atoms with Crippen LogP contribution >= 0.6 is 0 Å². The number of aromatic nitrogens is 1. The molecule has 0 bridgehead atoms. The third-order valence-corrected chi connectivity index (χ3v) is 6.00. The first-order valence-electron chi connectivity index (χ1n) is 8.95. The van der Waals surface area contributed by atoms with Gasteiger partial charge in [-0.1, -0.05) is 0 Å². The van der Waals surface area contributed by atoms with Crippen LogP contribution in [0.5, 0.6) is 11.5 Å². The normalized spacial score (nSPS) is 10.9. The highest BCUT2D eigenvalue weighted by molar-refractivity contribution is 7.92. The van der Waals surface area contributed by atoms with Crippen LogP contribution in [0, 0.1) is 0 Å². The maximum atomic E-state index is 13.2. The zero-order valence-electron chi connectivity index (χ0n) is 16.5. The van der Waals surface area contributed by atoms with Crippen molar-refractivity contribution >= 4 is 27.3 Å². The molecule has 30 heavy (non-hydrogen) atoms. The number of methoxy groups -OCH3 is 2. The van der Waals surface area contributed by atoms with Gasteiger partial charge in [-0.3, -0.25) is 14.1 Å². The molecule has 0 radical (unpaired) electrons. The minimum atomic E-state index is -4.02. The van der Waals surface area contributed by atoms with Gasteiger partial charge in [0.1, 0.15) is 22.9 Å². The van der Waals surface area contributed by atoms with E-state index in [1.165, 1.54) is 31.6 Å². The largest absolute Gasteiger partial charge is 0.497 e. The van der Waals surface area contributed by atoms with E-state index in [4.69, 9.17) is 9.47 Å². The molecule has 3 rings (SSSR count). The van der Waals surface area contributed by atoms with Gasteiger partial charge in [0, 0.05) is 18.1 Å². The highest BCUT2D eigenvalue weighted by Gasteiger charge is 2.27. The van der Waals surface area contributed by atoms with Crippen LogP contribution < -0.4 is 19.1 Å². The van der Waals surface area contributed by atoms with Crippen LogP contribution in [0.4, 0.5) is 11.4 Å². The lowest BCUT2D eigenvalue weighted by Crippen LogP contribution is -2.38. The molecule has 1 N–H and O–H groups in total. The molecule has 3 aromatic rings. The number of hydrogen-bond donors (Lipinski definition) is 1. The van der Waals surface area contributed by atoms with Gasteiger partial charge in [-0.2, -0.15) is 0 Å². The van der Waals surface area contributed by atoms with Crippen LogP contribution in [-0.2, 0) is 14.8 Å². The third kappa shape index (κ3) is 4.87. The lowest BCUT2D eigenvalue weighted by atomic mass is 10.3. The summed E-state index contributed by atoms with van der Waals surface area (Å²) in [4.78, 5) is 16.5. The summed E-state index contributed by atoms with van der Waals surface area (Å²) in [6, 6.07) is 16.1. The average Bonchev–Trinajstić information content (AvgIpc) is 2.78. The van der Waals surface area contributed by atoms with Crippen molar-refractivity contribution in [3.05, 3.63) is 73.1 Å². The molecule has 1 amide bonds. The van der Waals surface area contributed by atoms with Gasteiger partial charge in [-0.15, -0.1) is 0 Å². The number of amides is 1. The summed E-state index contributed by atoms with van der Waals surface area (Å²) in [5.74, 6) is 0.718. The van der Waals surface area contributed by atoms with Crippen LogP contribution in [0.3, 0.4) is 0 Å². The van der Waals surface area contributed by atoms with E-state index in [2.05, 4.69) is 10.3 Å². The highest BCUT2D eigenvalue weighted by atomic mass is 32.2. The average molecular weight is 427 g/mol. The molecule has 0 aliphatic rings. The molecule has 0 saturated heterocycles. The topological polar surface area (TPSA) is 97.8 Å². The maximum absolute atomic E-state index is 13.2. The Bertz CT molecular complexity index is 1090. The Morgan fingerprint density at radius 1 is 0.967 bits per heavy atom. The summed E-state index contributed by atoms with van der Waals surface area (Å²) in [5, 5.41) is 2.70. The van der Waals surface area contributed by atoms with Crippen molar-refractivity contribution in [1.82, 2.24) is 4.98 Å². The van der Waals surface area contributed by atoms with Gasteiger partial charge in [0.25, 0.3) is 10.0 Å². The molecule has 0 saturated carbocycles. The molecule has 9 heteroatoms. The second kappa shape index (κ2) is 9.27. The summed E-state index contributed by atoms with van der Waals surface area (Å²) in [6.45, 7) is -0.421. The van der Waals surface area contributed by atoms with Crippen molar-refractivity contribution in [1.29, 1.82) is 0 Å². The van der Waals surface area contributed by atoms with Crippen LogP contribution in [0.15, 0.2) is 78.0 Å². The van der Waals surface area contributed by atoms with Gasteiger partial charge < -0.3 is 14.8 Å². The second-order valence-corrected chi connectivity index (χ2v) is 8.04. The number of carbonyl (C=O) groups is 1. The van der Waals surface area contributed by atoms with Gasteiger partial charge in [0.15, 0.2) is 0 Å². The quantitative estimate of drug-likeness (QED) is 0.594. The number of anilines is 2. The van der Waals surface area contributed by atoms with Crippen molar-refractivity contribution in [2.45, 2.75) is 4.90 Å². The lowest BCUT2D eigenvalue weighted by molar-refractivity contribution is -0.114. The van der Waals surface area contributed by atoms with E-state index in [1.807, 2.05) is 0 Å². The maximum Gasteiger partial charge on any atom is 0.266 e. The van der Waals surface area contributed by atoms with E-state index in [-0.39, 0.29) is 4.90 Å². The number of hydrogen-bond acceptors (Lipinski definition) is 6. The van der Waals surface area contributed by atoms with E-state index in [9.17, 15) is 13.2 Å². The van der Waals surface area contributed by atoms with Crippen molar-refractivity contribution in [3.8, 4) is 11.5 Å². The first-order valence-corrected chi connectivity index (χ1v) is 10.4. The Hall–Kier alpha value is -3.59. The molecule has 1 heterocycles. The number of pyridine rings is 1. The number of ether oxygens (including phenoxy) is 2. The van der Waals surface area contributed by atoms with E-state index in [0.29, 0.717) is 22.9 Å². The number of benzene rings is 2. The number of carbonyl (C=O) groups excluding carboxylic acids is 1. The van der Waals surface area contributed by atoms with Crippen molar-refractivity contribution < 1.29 is 22.7 Å².